The van der Waals surface area contributed by atoms with Crippen LogP contribution in [0.3, 0.4) is 0 Å². The van der Waals surface area contributed by atoms with Gasteiger partial charge in [-0.25, -0.2) is 0 Å². The normalized spacial score (nSPS) is 15.2. The van der Waals surface area contributed by atoms with E-state index in [2.05, 4.69) is 10.2 Å². The molecule has 2 aromatic rings. The number of amides is 2. The number of benzene rings is 1. The van der Waals surface area contributed by atoms with Crippen molar-refractivity contribution in [1.82, 2.24) is 20.0 Å². The van der Waals surface area contributed by atoms with E-state index in [1.54, 1.807) is 0 Å². The highest BCUT2D eigenvalue weighted by molar-refractivity contribution is 5.94. The van der Waals surface area contributed by atoms with Gasteiger partial charge in [0.15, 0.2) is 0 Å². The number of aromatic nitrogens is 2. The standard InChI is InChI=1S/C18H19F3N4O3/c1-11(2)14-22-23-15(28-14)17(27)25-9-7-24(8-10-25)16(26)12-3-5-13(6-4-12)18(19,20)21/h3-6,11H,7-10H2,1-2H3. The molecular weight excluding hydrogens is 377 g/mol. The lowest BCUT2D eigenvalue weighted by atomic mass is 10.1. The fraction of sp³-hybridized carbons (Fsp3) is 0.444. The molecule has 0 atom stereocenters. The number of hydrogen-bond acceptors (Lipinski definition) is 5. The van der Waals surface area contributed by atoms with Gasteiger partial charge in [0, 0.05) is 37.7 Å². The van der Waals surface area contributed by atoms with Crippen LogP contribution in [0.15, 0.2) is 28.7 Å². The van der Waals surface area contributed by atoms with E-state index in [0.717, 1.165) is 24.3 Å². The van der Waals surface area contributed by atoms with Crippen molar-refractivity contribution in [2.24, 2.45) is 0 Å². The van der Waals surface area contributed by atoms with Crippen molar-refractivity contribution in [2.45, 2.75) is 25.9 Å². The monoisotopic (exact) mass is 396 g/mol. The lowest BCUT2D eigenvalue weighted by Gasteiger charge is -2.34. The lowest BCUT2D eigenvalue weighted by molar-refractivity contribution is -0.137. The summed E-state index contributed by atoms with van der Waals surface area (Å²) >= 11 is 0. The zero-order chi connectivity index (χ0) is 20.5. The Kier molecular flexibility index (Phi) is 5.39. The van der Waals surface area contributed by atoms with Gasteiger partial charge < -0.3 is 14.2 Å². The number of carbonyl (C=O) groups is 2. The Bertz CT molecular complexity index is 854. The summed E-state index contributed by atoms with van der Waals surface area (Å²) in [4.78, 5) is 27.9. The topological polar surface area (TPSA) is 79.5 Å². The van der Waals surface area contributed by atoms with Crippen LogP contribution in [0.2, 0.25) is 0 Å². The maximum absolute atomic E-state index is 12.6. The van der Waals surface area contributed by atoms with Crippen LogP contribution < -0.4 is 0 Å². The van der Waals surface area contributed by atoms with Crippen molar-refractivity contribution in [3.8, 4) is 0 Å². The van der Waals surface area contributed by atoms with Crippen molar-refractivity contribution >= 4 is 11.8 Å². The van der Waals surface area contributed by atoms with Crippen molar-refractivity contribution in [2.75, 3.05) is 26.2 Å². The molecule has 28 heavy (non-hydrogen) atoms. The quantitative estimate of drug-likeness (QED) is 0.797. The van der Waals surface area contributed by atoms with Crippen molar-refractivity contribution in [3.05, 3.63) is 47.2 Å². The smallest absolute Gasteiger partial charge is 0.416 e. The van der Waals surface area contributed by atoms with Crippen LogP contribution in [-0.2, 0) is 6.18 Å². The van der Waals surface area contributed by atoms with Gasteiger partial charge in [0.1, 0.15) is 0 Å². The molecular formula is C18H19F3N4O3. The van der Waals surface area contributed by atoms with Crippen LogP contribution in [0.4, 0.5) is 13.2 Å². The third-order valence-corrected chi connectivity index (χ3v) is 4.43. The van der Waals surface area contributed by atoms with Gasteiger partial charge >= 0.3 is 18.0 Å². The summed E-state index contributed by atoms with van der Waals surface area (Å²) in [6.07, 6.45) is -4.45. The van der Waals surface area contributed by atoms with E-state index in [1.807, 2.05) is 13.8 Å². The van der Waals surface area contributed by atoms with E-state index in [-0.39, 0.29) is 49.5 Å². The Hall–Kier alpha value is -2.91. The molecule has 0 saturated carbocycles. The van der Waals surface area contributed by atoms with E-state index in [0.29, 0.717) is 5.89 Å². The average molecular weight is 396 g/mol. The van der Waals surface area contributed by atoms with E-state index in [9.17, 15) is 22.8 Å². The Morgan fingerprint density at radius 2 is 1.50 bits per heavy atom. The summed E-state index contributed by atoms with van der Waals surface area (Å²) < 4.78 is 43.2. The molecule has 3 rings (SSSR count). The largest absolute Gasteiger partial charge is 0.417 e. The van der Waals surface area contributed by atoms with Gasteiger partial charge in [0.2, 0.25) is 5.89 Å². The van der Waals surface area contributed by atoms with Gasteiger partial charge in [-0.05, 0) is 24.3 Å². The summed E-state index contributed by atoms with van der Waals surface area (Å²) in [7, 11) is 0. The summed E-state index contributed by atoms with van der Waals surface area (Å²) in [5.41, 5.74) is -0.633. The molecule has 0 radical (unpaired) electrons. The highest BCUT2D eigenvalue weighted by Gasteiger charge is 2.31. The van der Waals surface area contributed by atoms with E-state index in [1.165, 1.54) is 9.80 Å². The van der Waals surface area contributed by atoms with Gasteiger partial charge in [-0.2, -0.15) is 13.2 Å². The number of halogens is 3. The second-order valence-corrected chi connectivity index (χ2v) is 6.76. The number of nitrogens with zero attached hydrogens (tertiary/aromatic N) is 4. The van der Waals surface area contributed by atoms with Gasteiger partial charge in [-0.1, -0.05) is 13.8 Å². The highest BCUT2D eigenvalue weighted by atomic mass is 19.4. The molecule has 0 bridgehead atoms. The Balaban J connectivity index is 1.60. The summed E-state index contributed by atoms with van der Waals surface area (Å²) in [5, 5.41) is 7.59. The number of rotatable bonds is 3. The third-order valence-electron chi connectivity index (χ3n) is 4.43. The molecule has 0 N–H and O–H groups in total. The van der Waals surface area contributed by atoms with Crippen LogP contribution in [0, 0.1) is 0 Å². The first-order valence-electron chi connectivity index (χ1n) is 8.76. The number of alkyl halides is 3. The molecule has 2 heterocycles. The minimum Gasteiger partial charge on any atom is -0.417 e. The number of piperazine rings is 1. The van der Waals surface area contributed by atoms with E-state index < -0.39 is 17.6 Å². The van der Waals surface area contributed by atoms with Gasteiger partial charge in [-0.15, -0.1) is 10.2 Å². The maximum atomic E-state index is 12.6. The first kappa shape index (κ1) is 19.8. The van der Waals surface area contributed by atoms with Crippen molar-refractivity contribution < 1.29 is 27.2 Å². The minimum atomic E-state index is -4.45. The van der Waals surface area contributed by atoms with Crippen LogP contribution in [-0.4, -0.2) is 58.0 Å². The molecule has 1 aliphatic heterocycles. The fourth-order valence-electron chi connectivity index (χ4n) is 2.79. The molecule has 0 aliphatic carbocycles. The minimum absolute atomic E-state index is 0.00672. The number of carbonyl (C=O) groups excluding carboxylic acids is 2. The molecule has 2 amide bonds. The van der Waals surface area contributed by atoms with E-state index in [4.69, 9.17) is 4.42 Å². The molecule has 0 spiro atoms. The molecule has 150 valence electrons. The first-order valence-corrected chi connectivity index (χ1v) is 8.76. The average Bonchev–Trinajstić information content (AvgIpc) is 3.17. The predicted octanol–water partition coefficient (Wildman–Crippen LogP) is 2.81. The maximum Gasteiger partial charge on any atom is 0.416 e. The van der Waals surface area contributed by atoms with Crippen LogP contribution in [0.5, 0.6) is 0 Å². The fourth-order valence-corrected chi connectivity index (χ4v) is 2.79. The summed E-state index contributed by atoms with van der Waals surface area (Å²) in [5.74, 6) is -0.486. The Labute approximate surface area is 159 Å². The second kappa shape index (κ2) is 7.61. The van der Waals surface area contributed by atoms with Gasteiger partial charge in [-0.3, -0.25) is 9.59 Å². The molecule has 1 aromatic carbocycles. The molecule has 1 aliphatic rings. The van der Waals surface area contributed by atoms with Crippen LogP contribution >= 0.6 is 0 Å². The third kappa shape index (κ3) is 4.15. The second-order valence-electron chi connectivity index (χ2n) is 6.76. The van der Waals surface area contributed by atoms with Gasteiger partial charge in [0.25, 0.3) is 5.91 Å². The molecule has 1 aromatic heterocycles. The highest BCUT2D eigenvalue weighted by Crippen LogP contribution is 2.29. The van der Waals surface area contributed by atoms with Crippen molar-refractivity contribution in [1.29, 1.82) is 0 Å². The number of hydrogen-bond donors (Lipinski definition) is 0. The zero-order valence-electron chi connectivity index (χ0n) is 15.4. The van der Waals surface area contributed by atoms with Crippen LogP contribution in [0.1, 0.15) is 52.3 Å². The zero-order valence-corrected chi connectivity index (χ0v) is 15.4. The molecule has 0 unspecified atom stereocenters. The van der Waals surface area contributed by atoms with E-state index >= 15 is 0 Å². The first-order chi connectivity index (χ1) is 13.2. The van der Waals surface area contributed by atoms with Crippen molar-refractivity contribution in [3.63, 3.8) is 0 Å². The Morgan fingerprint density at radius 1 is 0.964 bits per heavy atom. The molecule has 10 heteroatoms. The van der Waals surface area contributed by atoms with Crippen LogP contribution in [0.25, 0.3) is 0 Å². The Morgan fingerprint density at radius 3 is 1.96 bits per heavy atom. The molecule has 7 nitrogen and oxygen atoms in total. The molecule has 1 saturated heterocycles. The predicted molar refractivity (Wildman–Crippen MR) is 91.6 cm³/mol. The summed E-state index contributed by atoms with van der Waals surface area (Å²) in [6.45, 7) is 4.80. The van der Waals surface area contributed by atoms with Gasteiger partial charge in [0.05, 0.1) is 5.56 Å². The molecule has 1 fully saturated rings. The SMILES string of the molecule is CC(C)c1nnc(C(=O)N2CCN(C(=O)c3ccc(C(F)(F)F)cc3)CC2)o1. The lowest BCUT2D eigenvalue weighted by Crippen LogP contribution is -2.50. The summed E-state index contributed by atoms with van der Waals surface area (Å²) in [6, 6.07) is 4.09.